The van der Waals surface area contributed by atoms with Crippen molar-refractivity contribution in [2.24, 2.45) is 0 Å². The number of hydrogen-bond acceptors (Lipinski definition) is 3. The Morgan fingerprint density at radius 2 is 1.71 bits per heavy atom. The van der Waals surface area contributed by atoms with Crippen molar-refractivity contribution >= 4 is 23.2 Å². The van der Waals surface area contributed by atoms with Gasteiger partial charge in [0.05, 0.1) is 29.6 Å². The smallest absolute Gasteiger partial charge is 0.416 e. The summed E-state index contributed by atoms with van der Waals surface area (Å²) in [4.78, 5) is 28.0. The van der Waals surface area contributed by atoms with Gasteiger partial charge in [0.15, 0.2) is 0 Å². The van der Waals surface area contributed by atoms with E-state index in [-0.39, 0.29) is 22.9 Å². The van der Waals surface area contributed by atoms with Gasteiger partial charge < -0.3 is 19.5 Å². The molecule has 1 aliphatic heterocycles. The molecule has 3 aromatic carbocycles. The van der Waals surface area contributed by atoms with E-state index in [9.17, 15) is 27.2 Å². The minimum atomic E-state index is -4.81. The Bertz CT molecular complexity index is 1540. The van der Waals surface area contributed by atoms with Crippen LogP contribution in [0.1, 0.15) is 32.0 Å². The van der Waals surface area contributed by atoms with Crippen LogP contribution in [0.2, 0.25) is 0 Å². The summed E-state index contributed by atoms with van der Waals surface area (Å²) in [7, 11) is 1.36. The number of hydrogen-bond donors (Lipinski definition) is 1. The molecular weight excluding hydrogens is 502 g/mol. The topological polar surface area (TPSA) is 63.6 Å². The van der Waals surface area contributed by atoms with Crippen LogP contribution in [0.15, 0.2) is 79.0 Å². The number of anilines is 2. The molecule has 0 spiro atoms. The summed E-state index contributed by atoms with van der Waals surface area (Å²) in [6.45, 7) is 0.419. The monoisotopic (exact) mass is 523 g/mol. The summed E-state index contributed by atoms with van der Waals surface area (Å²) in [5.41, 5.74) is 1.26. The molecule has 4 aromatic rings. The second-order valence-corrected chi connectivity index (χ2v) is 8.66. The second kappa shape index (κ2) is 9.70. The van der Waals surface area contributed by atoms with Gasteiger partial charge in [-0.1, -0.05) is 12.1 Å². The zero-order chi connectivity index (χ0) is 27.0. The number of alkyl halides is 3. The Morgan fingerprint density at radius 3 is 2.45 bits per heavy atom. The lowest BCUT2D eigenvalue weighted by molar-refractivity contribution is -0.137. The quantitative estimate of drug-likeness (QED) is 0.329. The van der Waals surface area contributed by atoms with Gasteiger partial charge in [0.25, 0.3) is 11.8 Å². The first-order valence-corrected chi connectivity index (χ1v) is 11.6. The highest BCUT2D eigenvalue weighted by Crippen LogP contribution is 2.34. The Balaban J connectivity index is 1.42. The number of fused-ring (bicyclic) bond motifs is 3. The third-order valence-corrected chi connectivity index (χ3v) is 6.28. The number of aromatic nitrogens is 1. The average Bonchev–Trinajstić information content (AvgIpc) is 3.30. The molecule has 38 heavy (non-hydrogen) atoms. The van der Waals surface area contributed by atoms with E-state index in [4.69, 9.17) is 4.74 Å². The van der Waals surface area contributed by atoms with E-state index in [1.807, 2.05) is 47.2 Å². The molecule has 0 atom stereocenters. The van der Waals surface area contributed by atoms with Crippen molar-refractivity contribution in [3.63, 3.8) is 0 Å². The molecule has 0 bridgehead atoms. The van der Waals surface area contributed by atoms with Crippen LogP contribution in [0.5, 0.6) is 5.75 Å². The standard InChI is InChI=1S/C28H21F4N3O3/c1-38-25-16-20(33-26(36)17-13-18(28(30,31)32)15-19(29)14-17)8-9-22(25)27(37)35-12-10-21-5-4-11-34(21)23-6-2-3-7-24(23)35/h2-9,11,13-16H,10,12H2,1H3,(H,33,36). The van der Waals surface area contributed by atoms with Crippen LogP contribution in [0.4, 0.5) is 28.9 Å². The third-order valence-electron chi connectivity index (χ3n) is 6.28. The Hall–Kier alpha value is -4.60. The van der Waals surface area contributed by atoms with Gasteiger partial charge in [0.1, 0.15) is 11.6 Å². The predicted molar refractivity (Wildman–Crippen MR) is 133 cm³/mol. The molecule has 0 saturated heterocycles. The fourth-order valence-corrected chi connectivity index (χ4v) is 4.49. The summed E-state index contributed by atoms with van der Waals surface area (Å²) >= 11 is 0. The summed E-state index contributed by atoms with van der Waals surface area (Å²) < 4.78 is 60.3. The van der Waals surface area contributed by atoms with Gasteiger partial charge in [-0.2, -0.15) is 13.2 Å². The maximum atomic E-state index is 13.8. The molecule has 1 N–H and O–H groups in total. The number of rotatable bonds is 4. The maximum Gasteiger partial charge on any atom is 0.416 e. The molecule has 0 radical (unpaired) electrons. The van der Waals surface area contributed by atoms with Gasteiger partial charge >= 0.3 is 6.18 Å². The van der Waals surface area contributed by atoms with Crippen molar-refractivity contribution in [3.05, 3.63) is 107 Å². The largest absolute Gasteiger partial charge is 0.496 e. The van der Waals surface area contributed by atoms with Crippen LogP contribution in [0, 0.1) is 5.82 Å². The first-order chi connectivity index (χ1) is 18.2. The predicted octanol–water partition coefficient (Wildman–Crippen LogP) is 6.10. The van der Waals surface area contributed by atoms with Gasteiger partial charge in [-0.05, 0) is 54.6 Å². The highest BCUT2D eigenvalue weighted by molar-refractivity contribution is 6.10. The first-order valence-electron chi connectivity index (χ1n) is 11.6. The summed E-state index contributed by atoms with van der Waals surface area (Å²) in [5.74, 6) is -2.30. The minimum Gasteiger partial charge on any atom is -0.496 e. The van der Waals surface area contributed by atoms with Crippen LogP contribution in [0.25, 0.3) is 5.69 Å². The Kier molecular flexibility index (Phi) is 6.40. The highest BCUT2D eigenvalue weighted by Gasteiger charge is 2.32. The van der Waals surface area contributed by atoms with Crippen LogP contribution in [-0.2, 0) is 12.6 Å². The van der Waals surface area contributed by atoms with Gasteiger partial charge in [-0.3, -0.25) is 9.59 Å². The molecule has 0 saturated carbocycles. The summed E-state index contributed by atoms with van der Waals surface area (Å²) in [6, 6.07) is 17.4. The molecule has 10 heteroatoms. The van der Waals surface area contributed by atoms with E-state index in [0.717, 1.165) is 17.1 Å². The molecular formula is C28H21F4N3O3. The number of amides is 2. The fourth-order valence-electron chi connectivity index (χ4n) is 4.49. The van der Waals surface area contributed by atoms with Gasteiger partial charge in [-0.25, -0.2) is 4.39 Å². The Labute approximate surface area is 215 Å². The lowest BCUT2D eigenvalue weighted by Crippen LogP contribution is -2.32. The number of halogens is 4. The SMILES string of the molecule is COc1cc(NC(=O)c2cc(F)cc(C(F)(F)F)c2)ccc1C(=O)N1CCc2cccn2-c2ccccc21. The maximum absolute atomic E-state index is 13.8. The molecule has 2 heterocycles. The highest BCUT2D eigenvalue weighted by atomic mass is 19.4. The molecule has 1 aliphatic rings. The number of methoxy groups -OCH3 is 1. The van der Waals surface area contributed by atoms with Crippen molar-refractivity contribution < 1.29 is 31.9 Å². The number of ether oxygens (including phenoxy) is 1. The van der Waals surface area contributed by atoms with E-state index >= 15 is 0 Å². The summed E-state index contributed by atoms with van der Waals surface area (Å²) in [6.07, 6.45) is -2.25. The molecule has 0 unspecified atom stereocenters. The van der Waals surface area contributed by atoms with Crippen molar-refractivity contribution in [2.75, 3.05) is 23.9 Å². The lowest BCUT2D eigenvalue weighted by Gasteiger charge is -2.24. The zero-order valence-corrected chi connectivity index (χ0v) is 20.1. The molecule has 5 rings (SSSR count). The molecule has 2 amide bonds. The first kappa shape index (κ1) is 25.1. The van der Waals surface area contributed by atoms with Crippen molar-refractivity contribution in [2.45, 2.75) is 12.6 Å². The fraction of sp³-hybridized carbons (Fsp3) is 0.143. The molecule has 194 valence electrons. The molecule has 0 aliphatic carbocycles. The van der Waals surface area contributed by atoms with E-state index in [1.165, 1.54) is 25.3 Å². The van der Waals surface area contributed by atoms with Gasteiger partial charge in [0.2, 0.25) is 0 Å². The average molecular weight is 523 g/mol. The van der Waals surface area contributed by atoms with Crippen LogP contribution in [-0.4, -0.2) is 30.0 Å². The number of benzene rings is 3. The van der Waals surface area contributed by atoms with E-state index in [2.05, 4.69) is 5.32 Å². The van der Waals surface area contributed by atoms with Crippen LogP contribution >= 0.6 is 0 Å². The van der Waals surface area contributed by atoms with Crippen LogP contribution < -0.4 is 15.0 Å². The van der Waals surface area contributed by atoms with Crippen molar-refractivity contribution in [3.8, 4) is 11.4 Å². The third kappa shape index (κ3) is 4.72. The molecule has 1 aromatic heterocycles. The summed E-state index contributed by atoms with van der Waals surface area (Å²) in [5, 5.41) is 2.44. The van der Waals surface area contributed by atoms with E-state index < -0.39 is 29.0 Å². The number of nitrogens with zero attached hydrogens (tertiary/aromatic N) is 2. The van der Waals surface area contributed by atoms with Gasteiger partial charge in [-0.15, -0.1) is 0 Å². The Morgan fingerprint density at radius 1 is 0.947 bits per heavy atom. The lowest BCUT2D eigenvalue weighted by atomic mass is 10.1. The number of nitrogens with one attached hydrogen (secondary N) is 1. The minimum absolute atomic E-state index is 0.157. The van der Waals surface area contributed by atoms with Crippen LogP contribution in [0.3, 0.4) is 0 Å². The normalized spacial score (nSPS) is 12.8. The van der Waals surface area contributed by atoms with Crippen molar-refractivity contribution in [1.29, 1.82) is 0 Å². The van der Waals surface area contributed by atoms with E-state index in [1.54, 1.807) is 4.90 Å². The van der Waals surface area contributed by atoms with Crippen molar-refractivity contribution in [1.82, 2.24) is 4.57 Å². The molecule has 6 nitrogen and oxygen atoms in total. The zero-order valence-electron chi connectivity index (χ0n) is 20.1. The second-order valence-electron chi connectivity index (χ2n) is 8.66. The number of para-hydroxylation sites is 2. The van der Waals surface area contributed by atoms with Gasteiger partial charge in [0, 0.05) is 42.2 Å². The number of carbonyl (C=O) groups is 2. The van der Waals surface area contributed by atoms with E-state index in [0.29, 0.717) is 31.2 Å². The molecule has 0 fully saturated rings. The number of carbonyl (C=O) groups excluding carboxylic acids is 2.